The first-order chi connectivity index (χ1) is 9.13. The van der Waals surface area contributed by atoms with Gasteiger partial charge in [0.1, 0.15) is 0 Å². The normalized spacial score (nSPS) is 22.0. The van der Waals surface area contributed by atoms with Crippen LogP contribution in [0.4, 0.5) is 5.69 Å². The fraction of sp³-hybridized carbons (Fsp3) is 0.429. The Morgan fingerprint density at radius 2 is 2.11 bits per heavy atom. The second kappa shape index (κ2) is 5.84. The molecule has 1 aromatic rings. The number of carbonyl (C=O) groups excluding carboxylic acids is 2. The van der Waals surface area contributed by atoms with Crippen LogP contribution in [0.25, 0.3) is 0 Å². The summed E-state index contributed by atoms with van der Waals surface area (Å²) in [6.45, 7) is 2.83. The van der Waals surface area contributed by atoms with Gasteiger partial charge in [-0.05, 0) is 32.0 Å². The molecule has 1 fully saturated rings. The number of methoxy groups -OCH3 is 1. The van der Waals surface area contributed by atoms with Crippen molar-refractivity contribution in [2.45, 2.75) is 19.4 Å². The van der Waals surface area contributed by atoms with Crippen LogP contribution >= 0.6 is 0 Å². The Labute approximate surface area is 112 Å². The van der Waals surface area contributed by atoms with E-state index < -0.39 is 5.97 Å². The molecular formula is C14H18N2O3. The van der Waals surface area contributed by atoms with E-state index in [0.717, 1.165) is 13.0 Å². The van der Waals surface area contributed by atoms with Crippen LogP contribution < -0.4 is 10.6 Å². The minimum Gasteiger partial charge on any atom is -0.465 e. The second-order valence-corrected chi connectivity index (χ2v) is 4.66. The SMILES string of the molecule is COC(=O)c1ccccc1NC(=O)C1CCNC1C. The van der Waals surface area contributed by atoms with Gasteiger partial charge in [0.2, 0.25) is 5.91 Å². The van der Waals surface area contributed by atoms with Crippen LogP contribution in [0.5, 0.6) is 0 Å². The standard InChI is InChI=1S/C14H18N2O3/c1-9-10(7-8-15-9)13(17)16-12-6-4-3-5-11(12)14(18)19-2/h3-6,9-10,15H,7-8H2,1-2H3,(H,16,17). The molecule has 1 amide bonds. The van der Waals surface area contributed by atoms with Crippen molar-refractivity contribution in [1.82, 2.24) is 5.32 Å². The van der Waals surface area contributed by atoms with Crippen molar-refractivity contribution in [3.05, 3.63) is 29.8 Å². The van der Waals surface area contributed by atoms with Crippen LogP contribution in [0.2, 0.25) is 0 Å². The summed E-state index contributed by atoms with van der Waals surface area (Å²) >= 11 is 0. The third kappa shape index (κ3) is 2.93. The van der Waals surface area contributed by atoms with Gasteiger partial charge in [0, 0.05) is 6.04 Å². The van der Waals surface area contributed by atoms with Crippen LogP contribution in [0.3, 0.4) is 0 Å². The van der Waals surface area contributed by atoms with Gasteiger partial charge in [-0.2, -0.15) is 0 Å². The van der Waals surface area contributed by atoms with E-state index in [-0.39, 0.29) is 17.9 Å². The number of carbonyl (C=O) groups is 2. The summed E-state index contributed by atoms with van der Waals surface area (Å²) in [6.07, 6.45) is 0.813. The summed E-state index contributed by atoms with van der Waals surface area (Å²) in [4.78, 5) is 23.8. The molecule has 0 spiro atoms. The highest BCUT2D eigenvalue weighted by molar-refractivity contribution is 6.02. The molecule has 2 rings (SSSR count). The number of nitrogens with one attached hydrogen (secondary N) is 2. The molecule has 2 N–H and O–H groups in total. The average Bonchev–Trinajstić information content (AvgIpc) is 2.85. The van der Waals surface area contributed by atoms with Crippen LogP contribution in [0, 0.1) is 5.92 Å². The quantitative estimate of drug-likeness (QED) is 0.808. The Morgan fingerprint density at radius 3 is 2.74 bits per heavy atom. The van der Waals surface area contributed by atoms with E-state index in [9.17, 15) is 9.59 Å². The van der Waals surface area contributed by atoms with Gasteiger partial charge >= 0.3 is 5.97 Å². The predicted molar refractivity (Wildman–Crippen MR) is 72.0 cm³/mol. The molecule has 2 unspecified atom stereocenters. The first kappa shape index (κ1) is 13.5. The van der Waals surface area contributed by atoms with E-state index in [1.165, 1.54) is 7.11 Å². The molecule has 19 heavy (non-hydrogen) atoms. The van der Waals surface area contributed by atoms with E-state index in [0.29, 0.717) is 11.3 Å². The summed E-state index contributed by atoms with van der Waals surface area (Å²) in [5.41, 5.74) is 0.871. The predicted octanol–water partition coefficient (Wildman–Crippen LogP) is 1.41. The molecule has 5 heteroatoms. The summed E-state index contributed by atoms with van der Waals surface area (Å²) < 4.78 is 4.70. The van der Waals surface area contributed by atoms with Crippen LogP contribution in [0.1, 0.15) is 23.7 Å². The first-order valence-corrected chi connectivity index (χ1v) is 6.35. The maximum Gasteiger partial charge on any atom is 0.339 e. The van der Waals surface area contributed by atoms with Crippen molar-refractivity contribution in [3.63, 3.8) is 0 Å². The molecule has 1 heterocycles. The number of rotatable bonds is 3. The van der Waals surface area contributed by atoms with E-state index >= 15 is 0 Å². The smallest absolute Gasteiger partial charge is 0.339 e. The lowest BCUT2D eigenvalue weighted by Gasteiger charge is -2.16. The molecule has 0 bridgehead atoms. The number of esters is 1. The number of hydrogen-bond acceptors (Lipinski definition) is 4. The van der Waals surface area contributed by atoms with Crippen molar-refractivity contribution in [3.8, 4) is 0 Å². The third-order valence-corrected chi connectivity index (χ3v) is 3.45. The number of ether oxygens (including phenoxy) is 1. The Morgan fingerprint density at radius 1 is 1.37 bits per heavy atom. The van der Waals surface area contributed by atoms with Gasteiger partial charge < -0.3 is 15.4 Å². The molecule has 0 aliphatic carbocycles. The fourth-order valence-electron chi connectivity index (χ4n) is 2.32. The maximum absolute atomic E-state index is 12.2. The molecule has 1 aromatic carbocycles. The van der Waals surface area contributed by atoms with Gasteiger partial charge in [-0.1, -0.05) is 12.1 Å². The number of hydrogen-bond donors (Lipinski definition) is 2. The van der Waals surface area contributed by atoms with Crippen molar-refractivity contribution < 1.29 is 14.3 Å². The van der Waals surface area contributed by atoms with Crippen molar-refractivity contribution in [1.29, 1.82) is 0 Å². The minimum atomic E-state index is -0.450. The summed E-state index contributed by atoms with van der Waals surface area (Å²) in [6, 6.07) is 7.01. The maximum atomic E-state index is 12.2. The number of para-hydroxylation sites is 1. The highest BCUT2D eigenvalue weighted by Gasteiger charge is 2.29. The Balaban J connectivity index is 2.14. The lowest BCUT2D eigenvalue weighted by atomic mass is 10.0. The number of benzene rings is 1. The summed E-state index contributed by atoms with van der Waals surface area (Å²) in [5, 5.41) is 6.05. The molecule has 1 saturated heterocycles. The zero-order valence-corrected chi connectivity index (χ0v) is 11.1. The van der Waals surface area contributed by atoms with Gasteiger partial charge in [-0.25, -0.2) is 4.79 Å². The van der Waals surface area contributed by atoms with Crippen LogP contribution in [0.15, 0.2) is 24.3 Å². The molecule has 1 aliphatic heterocycles. The summed E-state index contributed by atoms with van der Waals surface area (Å²) in [7, 11) is 1.32. The van der Waals surface area contributed by atoms with E-state index in [1.807, 2.05) is 6.92 Å². The van der Waals surface area contributed by atoms with Gasteiger partial charge in [0.15, 0.2) is 0 Å². The van der Waals surface area contributed by atoms with Crippen molar-refractivity contribution in [2.24, 2.45) is 5.92 Å². The lowest BCUT2D eigenvalue weighted by Crippen LogP contribution is -2.32. The van der Waals surface area contributed by atoms with Crippen LogP contribution in [-0.4, -0.2) is 31.6 Å². The zero-order chi connectivity index (χ0) is 13.8. The van der Waals surface area contributed by atoms with Crippen molar-refractivity contribution >= 4 is 17.6 Å². The number of anilines is 1. The van der Waals surface area contributed by atoms with Gasteiger partial charge in [0.25, 0.3) is 0 Å². The van der Waals surface area contributed by atoms with E-state index in [1.54, 1.807) is 24.3 Å². The second-order valence-electron chi connectivity index (χ2n) is 4.66. The molecular weight excluding hydrogens is 244 g/mol. The molecule has 0 saturated carbocycles. The molecule has 5 nitrogen and oxygen atoms in total. The Hall–Kier alpha value is -1.88. The molecule has 1 aliphatic rings. The first-order valence-electron chi connectivity index (χ1n) is 6.35. The highest BCUT2D eigenvalue weighted by Crippen LogP contribution is 2.21. The zero-order valence-electron chi connectivity index (χ0n) is 11.1. The fourth-order valence-corrected chi connectivity index (χ4v) is 2.32. The summed E-state index contributed by atoms with van der Waals surface area (Å²) in [5.74, 6) is -0.576. The van der Waals surface area contributed by atoms with Crippen LogP contribution in [-0.2, 0) is 9.53 Å². The van der Waals surface area contributed by atoms with Crippen molar-refractivity contribution in [2.75, 3.05) is 19.0 Å². The largest absolute Gasteiger partial charge is 0.465 e. The van der Waals surface area contributed by atoms with Gasteiger partial charge in [0.05, 0.1) is 24.3 Å². The van der Waals surface area contributed by atoms with Gasteiger partial charge in [-0.3, -0.25) is 4.79 Å². The Kier molecular flexibility index (Phi) is 4.16. The topological polar surface area (TPSA) is 67.4 Å². The average molecular weight is 262 g/mol. The third-order valence-electron chi connectivity index (χ3n) is 3.45. The Bertz CT molecular complexity index is 487. The number of amides is 1. The lowest BCUT2D eigenvalue weighted by molar-refractivity contribution is -0.120. The molecule has 2 atom stereocenters. The minimum absolute atomic E-state index is 0.0612. The highest BCUT2D eigenvalue weighted by atomic mass is 16.5. The van der Waals surface area contributed by atoms with E-state index in [2.05, 4.69) is 10.6 Å². The molecule has 0 aromatic heterocycles. The molecule has 0 radical (unpaired) electrons. The monoisotopic (exact) mass is 262 g/mol. The molecule has 102 valence electrons. The van der Waals surface area contributed by atoms with E-state index in [4.69, 9.17) is 4.74 Å². The van der Waals surface area contributed by atoms with Gasteiger partial charge in [-0.15, -0.1) is 0 Å².